The van der Waals surface area contributed by atoms with E-state index in [1.54, 1.807) is 0 Å². The topological polar surface area (TPSA) is 12.4 Å². The molecule has 0 N–H and O–H groups in total. The zero-order valence-electron chi connectivity index (χ0n) is 9.07. The van der Waals surface area contributed by atoms with Gasteiger partial charge in [-0.1, -0.05) is 35.4 Å². The quantitative estimate of drug-likeness (QED) is 0.655. The standard InChI is InChI=1S/C15H8N.Zr/c1-2-6-11-10(5-1)9-14-15(11)12-7-3-4-8-13(12)16-14;/h1-6,8-9H;/q-1;. The van der Waals surface area contributed by atoms with Gasteiger partial charge in [-0.25, -0.2) is 0 Å². The second-order valence-electron chi connectivity index (χ2n) is 4.03. The first-order valence-corrected chi connectivity index (χ1v) is 5.35. The van der Waals surface area contributed by atoms with Crippen LogP contribution in [0, 0.1) is 6.07 Å². The SMILES string of the molecule is [Zr].[c-]1cccc2c1=C1C(=Cc3ccccc31)N=2. The summed E-state index contributed by atoms with van der Waals surface area (Å²) in [5, 5.41) is 2.18. The first-order chi connectivity index (χ1) is 7.93. The molecule has 78 valence electrons. The van der Waals surface area contributed by atoms with Gasteiger partial charge in [-0.05, 0) is 17.0 Å². The van der Waals surface area contributed by atoms with Crippen molar-refractivity contribution in [3.8, 4) is 0 Å². The Balaban J connectivity index is 0.000000902. The van der Waals surface area contributed by atoms with Gasteiger partial charge in [0.1, 0.15) is 0 Å². The Bertz CT molecular complexity index is 756. The third-order valence-corrected chi connectivity index (χ3v) is 3.10. The van der Waals surface area contributed by atoms with Gasteiger partial charge in [0, 0.05) is 31.9 Å². The molecule has 0 fully saturated rings. The van der Waals surface area contributed by atoms with E-state index < -0.39 is 0 Å². The molecule has 4 rings (SSSR count). The van der Waals surface area contributed by atoms with Gasteiger partial charge in [0.2, 0.25) is 0 Å². The maximum Gasteiger partial charge on any atom is 0.0200 e. The van der Waals surface area contributed by atoms with E-state index in [2.05, 4.69) is 41.4 Å². The van der Waals surface area contributed by atoms with Crippen molar-refractivity contribution in [2.24, 2.45) is 4.99 Å². The predicted molar refractivity (Wildman–Crippen MR) is 63.0 cm³/mol. The summed E-state index contributed by atoms with van der Waals surface area (Å²) in [5.41, 5.74) is 4.87. The zero-order chi connectivity index (χ0) is 10.5. The van der Waals surface area contributed by atoms with Gasteiger partial charge in [0.15, 0.2) is 0 Å². The molecule has 1 aliphatic heterocycles. The number of fused-ring (bicyclic) bond motifs is 4. The first kappa shape index (κ1) is 10.9. The minimum atomic E-state index is 0. The Labute approximate surface area is 118 Å². The van der Waals surface area contributed by atoms with Crippen LogP contribution in [0.4, 0.5) is 0 Å². The molecule has 1 nitrogen and oxygen atoms in total. The van der Waals surface area contributed by atoms with Crippen LogP contribution in [0.2, 0.25) is 0 Å². The molecule has 0 bridgehead atoms. The molecule has 0 spiro atoms. The summed E-state index contributed by atoms with van der Waals surface area (Å²) in [4.78, 5) is 4.62. The Morgan fingerprint density at radius 3 is 2.82 bits per heavy atom. The van der Waals surface area contributed by atoms with Crippen LogP contribution >= 0.6 is 0 Å². The van der Waals surface area contributed by atoms with Crippen LogP contribution in [0.5, 0.6) is 0 Å². The molecule has 17 heavy (non-hydrogen) atoms. The monoisotopic (exact) mass is 292 g/mol. The van der Waals surface area contributed by atoms with Crippen molar-refractivity contribution in [1.29, 1.82) is 0 Å². The molecule has 0 radical (unpaired) electrons. The van der Waals surface area contributed by atoms with E-state index >= 15 is 0 Å². The van der Waals surface area contributed by atoms with E-state index in [0.717, 1.165) is 16.3 Å². The van der Waals surface area contributed by atoms with Crippen molar-refractivity contribution >= 4 is 11.6 Å². The van der Waals surface area contributed by atoms with Crippen molar-refractivity contribution in [3.63, 3.8) is 0 Å². The fourth-order valence-electron chi connectivity index (χ4n) is 2.41. The van der Waals surface area contributed by atoms with Gasteiger partial charge >= 0.3 is 0 Å². The van der Waals surface area contributed by atoms with E-state index in [1.807, 2.05) is 18.2 Å². The maximum absolute atomic E-state index is 4.62. The molecule has 2 aromatic carbocycles. The molecule has 2 aliphatic rings. The molecule has 0 aromatic heterocycles. The third kappa shape index (κ3) is 1.44. The summed E-state index contributed by atoms with van der Waals surface area (Å²) >= 11 is 0. The number of hydrogen-bond donors (Lipinski definition) is 0. The van der Waals surface area contributed by atoms with Gasteiger partial charge in [-0.3, -0.25) is 0 Å². The summed E-state index contributed by atoms with van der Waals surface area (Å²) < 4.78 is 0. The van der Waals surface area contributed by atoms with Gasteiger partial charge < -0.3 is 4.99 Å². The molecule has 2 heteroatoms. The van der Waals surface area contributed by atoms with Crippen LogP contribution in [0.3, 0.4) is 0 Å². The average Bonchev–Trinajstić information content (AvgIpc) is 2.83. The fraction of sp³-hybridized carbons (Fsp3) is 0. The minimum absolute atomic E-state index is 0. The summed E-state index contributed by atoms with van der Waals surface area (Å²) in [7, 11) is 0. The second-order valence-corrected chi connectivity index (χ2v) is 4.03. The van der Waals surface area contributed by atoms with Crippen LogP contribution in [-0.2, 0) is 26.2 Å². The molecular weight excluding hydrogens is 285 g/mol. The van der Waals surface area contributed by atoms with Gasteiger partial charge in [-0.2, -0.15) is 0 Å². The number of rotatable bonds is 0. The van der Waals surface area contributed by atoms with Gasteiger partial charge in [0.25, 0.3) is 0 Å². The van der Waals surface area contributed by atoms with Crippen molar-refractivity contribution in [3.05, 3.63) is 75.9 Å². The average molecular weight is 293 g/mol. The van der Waals surface area contributed by atoms with E-state index in [4.69, 9.17) is 0 Å². The Morgan fingerprint density at radius 1 is 1.00 bits per heavy atom. The van der Waals surface area contributed by atoms with Crippen LogP contribution in [0.1, 0.15) is 11.1 Å². The van der Waals surface area contributed by atoms with E-state index in [-0.39, 0.29) is 26.2 Å². The minimum Gasteiger partial charge on any atom is -0.307 e. The second kappa shape index (κ2) is 3.89. The van der Waals surface area contributed by atoms with Gasteiger partial charge in [-0.15, -0.1) is 29.5 Å². The molecule has 0 amide bonds. The molecule has 2 aromatic rings. The van der Waals surface area contributed by atoms with Crippen LogP contribution < -0.4 is 10.6 Å². The first-order valence-electron chi connectivity index (χ1n) is 5.35. The van der Waals surface area contributed by atoms with E-state index in [1.165, 1.54) is 16.7 Å². The smallest absolute Gasteiger partial charge is 0.0200 e. The number of hydrogen-bond acceptors (Lipinski definition) is 1. The zero-order valence-corrected chi connectivity index (χ0v) is 11.5. The summed E-state index contributed by atoms with van der Waals surface area (Å²) in [5.74, 6) is 0. The molecule has 0 unspecified atom stereocenters. The van der Waals surface area contributed by atoms with E-state index in [0.29, 0.717) is 0 Å². The molecule has 0 atom stereocenters. The van der Waals surface area contributed by atoms with Crippen molar-refractivity contribution in [2.75, 3.05) is 0 Å². The Hall–Kier alpha value is -1.27. The third-order valence-electron chi connectivity index (χ3n) is 3.10. The van der Waals surface area contributed by atoms with Crippen LogP contribution in [0.25, 0.3) is 11.6 Å². The Morgan fingerprint density at radius 2 is 1.88 bits per heavy atom. The number of benzene rings is 2. The largest absolute Gasteiger partial charge is 0.307 e. The van der Waals surface area contributed by atoms with Crippen molar-refractivity contribution < 1.29 is 26.2 Å². The Kier molecular flexibility index (Phi) is 2.48. The van der Waals surface area contributed by atoms with Gasteiger partial charge in [0.05, 0.1) is 0 Å². The fourth-order valence-corrected chi connectivity index (χ4v) is 2.41. The normalized spacial score (nSPS) is 14.1. The summed E-state index contributed by atoms with van der Waals surface area (Å²) in [6, 6.07) is 17.7. The van der Waals surface area contributed by atoms with Crippen LogP contribution in [-0.4, -0.2) is 0 Å². The molecule has 1 aliphatic carbocycles. The van der Waals surface area contributed by atoms with Crippen molar-refractivity contribution in [1.82, 2.24) is 0 Å². The summed E-state index contributed by atoms with van der Waals surface area (Å²) in [6.45, 7) is 0. The maximum atomic E-state index is 4.62. The summed E-state index contributed by atoms with van der Waals surface area (Å²) in [6.07, 6.45) is 2.15. The molecular formula is C15H8NZr-. The molecule has 0 saturated heterocycles. The number of allylic oxidation sites excluding steroid dienone is 1. The predicted octanol–water partition coefficient (Wildman–Crippen LogP) is 1.67. The number of nitrogens with zero attached hydrogens (tertiary/aromatic N) is 1. The molecule has 1 heterocycles. The molecule has 0 saturated carbocycles. The van der Waals surface area contributed by atoms with Crippen LogP contribution in [0.15, 0.2) is 53.2 Å². The van der Waals surface area contributed by atoms with E-state index in [9.17, 15) is 0 Å². The van der Waals surface area contributed by atoms with Crippen molar-refractivity contribution in [2.45, 2.75) is 0 Å².